The lowest BCUT2D eigenvalue weighted by Gasteiger charge is -2.07. The van der Waals surface area contributed by atoms with Gasteiger partial charge in [0.25, 0.3) is 5.56 Å². The molecular formula is C18H12FN3OS. The first-order chi connectivity index (χ1) is 11.6. The zero-order valence-corrected chi connectivity index (χ0v) is 13.2. The Hall–Kier alpha value is -2.99. The summed E-state index contributed by atoms with van der Waals surface area (Å²) in [6, 6.07) is 15.4. The molecule has 24 heavy (non-hydrogen) atoms. The Morgan fingerprint density at radius 1 is 0.958 bits per heavy atom. The molecule has 6 heteroatoms. The number of rotatable bonds is 2. The third-order valence-electron chi connectivity index (χ3n) is 3.90. The number of fused-ring (bicyclic) bond motifs is 1. The van der Waals surface area contributed by atoms with Crippen LogP contribution in [-0.4, -0.2) is 14.5 Å². The lowest BCUT2D eigenvalue weighted by Crippen LogP contribution is -2.20. The van der Waals surface area contributed by atoms with Crippen LogP contribution in [0.2, 0.25) is 0 Å². The molecule has 0 amide bonds. The van der Waals surface area contributed by atoms with Crippen LogP contribution >= 0.6 is 12.2 Å². The zero-order valence-electron chi connectivity index (χ0n) is 12.4. The van der Waals surface area contributed by atoms with Crippen LogP contribution in [0, 0.1) is 10.6 Å². The largest absolute Gasteiger partial charge is 0.355 e. The van der Waals surface area contributed by atoms with E-state index >= 15 is 0 Å². The highest BCUT2D eigenvalue weighted by molar-refractivity contribution is 7.71. The van der Waals surface area contributed by atoms with Gasteiger partial charge in [-0.2, -0.15) is 0 Å². The van der Waals surface area contributed by atoms with Crippen LogP contribution in [0.25, 0.3) is 27.8 Å². The molecule has 0 saturated heterocycles. The van der Waals surface area contributed by atoms with Crippen LogP contribution in [0.15, 0.2) is 65.6 Å². The summed E-state index contributed by atoms with van der Waals surface area (Å²) < 4.78 is 14.7. The second kappa shape index (κ2) is 5.58. The van der Waals surface area contributed by atoms with Crippen LogP contribution in [-0.2, 0) is 0 Å². The van der Waals surface area contributed by atoms with Gasteiger partial charge in [-0.25, -0.2) is 4.39 Å². The van der Waals surface area contributed by atoms with Crippen molar-refractivity contribution in [2.45, 2.75) is 0 Å². The molecule has 2 heterocycles. The van der Waals surface area contributed by atoms with Gasteiger partial charge >= 0.3 is 0 Å². The smallest absolute Gasteiger partial charge is 0.283 e. The molecule has 0 aliphatic rings. The topological polar surface area (TPSA) is 53.6 Å². The van der Waals surface area contributed by atoms with Gasteiger partial charge in [0, 0.05) is 11.8 Å². The molecule has 0 bridgehead atoms. The molecule has 4 nitrogen and oxygen atoms in total. The monoisotopic (exact) mass is 337 g/mol. The predicted molar refractivity (Wildman–Crippen MR) is 94.5 cm³/mol. The summed E-state index contributed by atoms with van der Waals surface area (Å²) in [5.74, 6) is -0.367. The fourth-order valence-corrected chi connectivity index (χ4v) is 3.05. The first-order valence-electron chi connectivity index (χ1n) is 7.33. The maximum Gasteiger partial charge on any atom is 0.283 e. The third-order valence-corrected chi connectivity index (χ3v) is 4.19. The van der Waals surface area contributed by atoms with Crippen LogP contribution in [0.1, 0.15) is 0 Å². The highest BCUT2D eigenvalue weighted by atomic mass is 32.1. The summed E-state index contributed by atoms with van der Waals surface area (Å²) in [6.07, 6.45) is 1.78. The van der Waals surface area contributed by atoms with Crippen molar-refractivity contribution in [3.8, 4) is 16.8 Å². The van der Waals surface area contributed by atoms with Gasteiger partial charge in [0.2, 0.25) is 0 Å². The minimum absolute atomic E-state index is 0.260. The van der Waals surface area contributed by atoms with Crippen molar-refractivity contribution in [2.75, 3.05) is 0 Å². The Balaban J connectivity index is 1.99. The maximum atomic E-state index is 13.1. The standard InChI is InChI=1S/C18H12FN3OS/c19-12-6-8-13(9-7-12)22-17(23)16-15(21-18(22)24)14(10-20-16)11-4-2-1-3-5-11/h1-10,20H,(H,21,24). The highest BCUT2D eigenvalue weighted by Crippen LogP contribution is 2.25. The number of H-pyrrole nitrogens is 2. The number of hydrogen-bond acceptors (Lipinski definition) is 2. The summed E-state index contributed by atoms with van der Waals surface area (Å²) in [7, 11) is 0. The molecule has 0 radical (unpaired) electrons. The SMILES string of the molecule is O=c1c2[nH]cc(-c3ccccc3)c2[nH]c(=S)n1-c1ccc(F)cc1. The summed E-state index contributed by atoms with van der Waals surface area (Å²) >= 11 is 5.36. The lowest BCUT2D eigenvalue weighted by molar-refractivity contribution is 0.627. The van der Waals surface area contributed by atoms with E-state index < -0.39 is 0 Å². The quantitative estimate of drug-likeness (QED) is 0.539. The minimum atomic E-state index is -0.367. The minimum Gasteiger partial charge on any atom is -0.355 e. The van der Waals surface area contributed by atoms with E-state index in [0.29, 0.717) is 16.7 Å². The van der Waals surface area contributed by atoms with Gasteiger partial charge in [-0.3, -0.25) is 9.36 Å². The maximum absolute atomic E-state index is 13.1. The average Bonchev–Trinajstić information content (AvgIpc) is 3.01. The predicted octanol–water partition coefficient (Wildman–Crippen LogP) is 4.18. The van der Waals surface area contributed by atoms with E-state index in [1.807, 2.05) is 30.3 Å². The first-order valence-corrected chi connectivity index (χ1v) is 7.74. The van der Waals surface area contributed by atoms with E-state index in [-0.39, 0.29) is 16.1 Å². The van der Waals surface area contributed by atoms with Crippen molar-refractivity contribution >= 4 is 23.3 Å². The van der Waals surface area contributed by atoms with Gasteiger partial charge in [-0.1, -0.05) is 30.3 Å². The van der Waals surface area contributed by atoms with Gasteiger partial charge < -0.3 is 9.97 Å². The fraction of sp³-hybridized carbons (Fsp3) is 0. The van der Waals surface area contributed by atoms with Crippen LogP contribution in [0.4, 0.5) is 4.39 Å². The first kappa shape index (κ1) is 14.6. The van der Waals surface area contributed by atoms with Gasteiger partial charge in [0.05, 0.1) is 11.2 Å². The molecule has 4 rings (SSSR count). The van der Waals surface area contributed by atoms with Crippen molar-refractivity contribution in [3.63, 3.8) is 0 Å². The highest BCUT2D eigenvalue weighted by Gasteiger charge is 2.13. The molecular weight excluding hydrogens is 325 g/mol. The lowest BCUT2D eigenvalue weighted by atomic mass is 10.1. The number of nitrogens with one attached hydrogen (secondary N) is 2. The molecule has 118 valence electrons. The Labute approximate surface area is 141 Å². The number of nitrogens with zero attached hydrogens (tertiary/aromatic N) is 1. The van der Waals surface area contributed by atoms with Crippen molar-refractivity contribution in [1.29, 1.82) is 0 Å². The number of hydrogen-bond donors (Lipinski definition) is 2. The summed E-state index contributed by atoms with van der Waals surface area (Å²) in [5, 5.41) is 0. The Morgan fingerprint density at radius 3 is 2.38 bits per heavy atom. The van der Waals surface area contributed by atoms with E-state index in [2.05, 4.69) is 9.97 Å². The molecule has 0 aliphatic carbocycles. The Morgan fingerprint density at radius 2 is 1.67 bits per heavy atom. The Kier molecular flexibility index (Phi) is 3.39. The van der Waals surface area contributed by atoms with Crippen molar-refractivity contribution in [2.24, 2.45) is 0 Å². The van der Waals surface area contributed by atoms with Crippen molar-refractivity contribution in [3.05, 3.63) is 81.7 Å². The number of halogens is 1. The van der Waals surface area contributed by atoms with E-state index in [1.54, 1.807) is 6.20 Å². The second-order valence-electron chi connectivity index (χ2n) is 5.37. The van der Waals surface area contributed by atoms with E-state index in [4.69, 9.17) is 12.2 Å². The summed E-state index contributed by atoms with van der Waals surface area (Å²) in [4.78, 5) is 19.0. The van der Waals surface area contributed by atoms with Crippen molar-refractivity contribution in [1.82, 2.24) is 14.5 Å². The molecule has 0 saturated carbocycles. The van der Waals surface area contributed by atoms with Crippen LogP contribution in [0.3, 0.4) is 0 Å². The molecule has 2 N–H and O–H groups in total. The molecule has 0 spiro atoms. The van der Waals surface area contributed by atoms with E-state index in [9.17, 15) is 9.18 Å². The van der Waals surface area contributed by atoms with Gasteiger partial charge in [-0.15, -0.1) is 0 Å². The average molecular weight is 337 g/mol. The zero-order chi connectivity index (χ0) is 16.7. The molecule has 0 fully saturated rings. The molecule has 2 aromatic carbocycles. The van der Waals surface area contributed by atoms with E-state index in [1.165, 1.54) is 28.8 Å². The fourth-order valence-electron chi connectivity index (χ4n) is 2.76. The number of aromatic nitrogens is 3. The van der Waals surface area contributed by atoms with Crippen LogP contribution < -0.4 is 5.56 Å². The second-order valence-corrected chi connectivity index (χ2v) is 5.75. The van der Waals surface area contributed by atoms with Gasteiger partial charge in [0.1, 0.15) is 11.3 Å². The van der Waals surface area contributed by atoms with Gasteiger partial charge in [0.15, 0.2) is 4.77 Å². The van der Waals surface area contributed by atoms with Crippen LogP contribution in [0.5, 0.6) is 0 Å². The van der Waals surface area contributed by atoms with E-state index in [0.717, 1.165) is 11.1 Å². The Bertz CT molecular complexity index is 1140. The molecule has 0 unspecified atom stereocenters. The molecule has 0 aliphatic heterocycles. The number of benzene rings is 2. The third kappa shape index (κ3) is 2.28. The van der Waals surface area contributed by atoms with Crippen molar-refractivity contribution < 1.29 is 4.39 Å². The normalized spacial score (nSPS) is 11.0. The summed E-state index contributed by atoms with van der Waals surface area (Å²) in [5.41, 5.74) is 3.18. The molecule has 2 aromatic heterocycles. The molecule has 0 atom stereocenters. The number of aromatic amines is 2. The van der Waals surface area contributed by atoms with Gasteiger partial charge in [-0.05, 0) is 42.0 Å². The molecule has 4 aromatic rings. The summed E-state index contributed by atoms with van der Waals surface area (Å²) in [6.45, 7) is 0.